The first-order chi connectivity index (χ1) is 20.8. The first kappa shape index (κ1) is 30.5. The SMILES string of the molecule is CCOc1ccc(OCC)c(-n2c(C=C(C)C)c(C(=O)N3CCNCC3)cc(-c3nc(-c4ccc(Cl)cc4)cs3)c2=O)c1. The topological polar surface area (TPSA) is 85.7 Å². The Morgan fingerprint density at radius 2 is 1.77 bits per heavy atom. The summed E-state index contributed by atoms with van der Waals surface area (Å²) in [5.41, 5.74) is 3.97. The molecule has 10 heteroatoms. The Morgan fingerprint density at radius 3 is 2.44 bits per heavy atom. The molecule has 0 spiro atoms. The van der Waals surface area contributed by atoms with Crippen LogP contribution in [-0.2, 0) is 0 Å². The Morgan fingerprint density at radius 1 is 1.05 bits per heavy atom. The van der Waals surface area contributed by atoms with Crippen molar-refractivity contribution in [1.29, 1.82) is 0 Å². The van der Waals surface area contributed by atoms with Crippen molar-refractivity contribution < 1.29 is 14.3 Å². The van der Waals surface area contributed by atoms with Crippen molar-refractivity contribution >= 4 is 34.9 Å². The van der Waals surface area contributed by atoms with E-state index in [-0.39, 0.29) is 11.5 Å². The number of halogens is 1. The number of nitrogens with one attached hydrogen (secondary N) is 1. The van der Waals surface area contributed by atoms with Crippen LogP contribution in [0.2, 0.25) is 5.02 Å². The largest absolute Gasteiger partial charge is 0.494 e. The molecule has 1 fully saturated rings. The quantitative estimate of drug-likeness (QED) is 0.229. The molecule has 1 saturated heterocycles. The van der Waals surface area contributed by atoms with Crippen LogP contribution in [-0.4, -0.2) is 59.8 Å². The van der Waals surface area contributed by atoms with Gasteiger partial charge in [0.15, 0.2) is 0 Å². The van der Waals surface area contributed by atoms with Crippen LogP contribution in [0, 0.1) is 0 Å². The molecule has 0 unspecified atom stereocenters. The standard InChI is InChI=1S/C33H35ClN4O4S/c1-5-41-24-11-12-30(42-6-2)29(18-24)38-28(17-21(3)4)25(32(39)37-15-13-35-14-16-37)19-26(33(38)40)31-36-27(20-43-31)22-7-9-23(34)10-8-22/h7-12,17-20,35H,5-6,13-16H2,1-4H3. The van der Waals surface area contributed by atoms with Gasteiger partial charge in [-0.3, -0.25) is 14.2 Å². The first-order valence-corrected chi connectivity index (χ1v) is 15.6. The molecule has 2 aromatic carbocycles. The van der Waals surface area contributed by atoms with Crippen molar-refractivity contribution in [3.63, 3.8) is 0 Å². The summed E-state index contributed by atoms with van der Waals surface area (Å²) in [6.45, 7) is 11.1. The second-order valence-electron chi connectivity index (χ2n) is 10.3. The van der Waals surface area contributed by atoms with Gasteiger partial charge in [-0.05, 0) is 64.1 Å². The third-order valence-corrected chi connectivity index (χ3v) is 8.08. The minimum absolute atomic E-state index is 0.141. The summed E-state index contributed by atoms with van der Waals surface area (Å²) in [5.74, 6) is 0.961. The van der Waals surface area contributed by atoms with E-state index in [2.05, 4.69) is 5.32 Å². The highest BCUT2D eigenvalue weighted by Gasteiger charge is 2.27. The lowest BCUT2D eigenvalue weighted by molar-refractivity contribution is 0.0735. The number of rotatable bonds is 9. The molecule has 0 atom stereocenters. The van der Waals surface area contributed by atoms with Crippen molar-refractivity contribution in [2.24, 2.45) is 0 Å². The van der Waals surface area contributed by atoms with Gasteiger partial charge in [-0.1, -0.05) is 29.3 Å². The molecule has 1 aliphatic heterocycles. The van der Waals surface area contributed by atoms with E-state index in [4.69, 9.17) is 26.1 Å². The van der Waals surface area contributed by atoms with Crippen molar-refractivity contribution in [2.45, 2.75) is 27.7 Å². The summed E-state index contributed by atoms with van der Waals surface area (Å²) < 4.78 is 13.4. The van der Waals surface area contributed by atoms with Gasteiger partial charge in [0.05, 0.1) is 41.4 Å². The summed E-state index contributed by atoms with van der Waals surface area (Å²) in [6.07, 6.45) is 1.88. The van der Waals surface area contributed by atoms with E-state index in [0.717, 1.165) is 16.8 Å². The summed E-state index contributed by atoms with van der Waals surface area (Å²) in [6, 6.07) is 14.5. The van der Waals surface area contributed by atoms with Gasteiger partial charge in [0, 0.05) is 48.2 Å². The minimum Gasteiger partial charge on any atom is -0.494 e. The van der Waals surface area contributed by atoms with Gasteiger partial charge in [0.25, 0.3) is 11.5 Å². The zero-order valence-electron chi connectivity index (χ0n) is 24.8. The smallest absolute Gasteiger partial charge is 0.266 e. The molecule has 0 saturated carbocycles. The van der Waals surface area contributed by atoms with E-state index in [1.54, 1.807) is 22.8 Å². The molecule has 4 aromatic rings. The van der Waals surface area contributed by atoms with Crippen LogP contribution in [0.3, 0.4) is 0 Å². The molecule has 0 radical (unpaired) electrons. The number of carbonyl (C=O) groups is 1. The van der Waals surface area contributed by atoms with Crippen molar-refractivity contribution in [3.8, 4) is 39.0 Å². The lowest BCUT2D eigenvalue weighted by atomic mass is 10.0. The fourth-order valence-electron chi connectivity index (χ4n) is 5.00. The van der Waals surface area contributed by atoms with Gasteiger partial charge in [0.1, 0.15) is 16.5 Å². The predicted molar refractivity (Wildman–Crippen MR) is 174 cm³/mol. The molecule has 43 heavy (non-hydrogen) atoms. The fraction of sp³-hybridized carbons (Fsp3) is 0.303. The molecule has 1 amide bonds. The van der Waals surface area contributed by atoms with Crippen molar-refractivity contribution in [2.75, 3.05) is 39.4 Å². The van der Waals surface area contributed by atoms with E-state index < -0.39 is 0 Å². The molecule has 8 nitrogen and oxygen atoms in total. The van der Waals surface area contributed by atoms with Crippen molar-refractivity contribution in [3.05, 3.63) is 86.1 Å². The molecule has 5 rings (SSSR count). The Hall–Kier alpha value is -3.92. The maximum Gasteiger partial charge on any atom is 0.266 e. The second kappa shape index (κ2) is 13.6. The normalized spacial score (nSPS) is 13.1. The lowest BCUT2D eigenvalue weighted by Crippen LogP contribution is -2.47. The number of pyridine rings is 1. The molecule has 0 bridgehead atoms. The summed E-state index contributed by atoms with van der Waals surface area (Å²) in [4.78, 5) is 35.4. The van der Waals surface area contributed by atoms with E-state index in [1.807, 2.05) is 74.4 Å². The highest BCUT2D eigenvalue weighted by atomic mass is 35.5. The van der Waals surface area contributed by atoms with Gasteiger partial charge >= 0.3 is 0 Å². The van der Waals surface area contributed by atoms with Crippen LogP contribution in [0.5, 0.6) is 11.5 Å². The van der Waals surface area contributed by atoms with Crippen molar-refractivity contribution in [1.82, 2.24) is 19.8 Å². The van der Waals surface area contributed by atoms with E-state index in [1.165, 1.54) is 11.3 Å². The Labute approximate surface area is 260 Å². The summed E-state index contributed by atoms with van der Waals surface area (Å²) in [7, 11) is 0. The maximum atomic E-state index is 14.6. The van der Waals surface area contributed by atoms with Crippen LogP contribution in [0.1, 0.15) is 43.7 Å². The average molecular weight is 619 g/mol. The molecule has 2 aromatic heterocycles. The average Bonchev–Trinajstić information content (AvgIpc) is 3.49. The van der Waals surface area contributed by atoms with Crippen LogP contribution in [0.25, 0.3) is 33.6 Å². The van der Waals surface area contributed by atoms with Gasteiger partial charge in [-0.2, -0.15) is 0 Å². The molecular formula is C33H35ClN4O4S. The Balaban J connectivity index is 1.80. The first-order valence-electron chi connectivity index (χ1n) is 14.4. The number of aromatic nitrogens is 2. The van der Waals surface area contributed by atoms with Gasteiger partial charge in [0.2, 0.25) is 0 Å². The van der Waals surface area contributed by atoms with E-state index in [0.29, 0.717) is 83.4 Å². The minimum atomic E-state index is -0.309. The number of ether oxygens (including phenoxy) is 2. The number of hydrogen-bond donors (Lipinski definition) is 1. The van der Waals surface area contributed by atoms with Crippen LogP contribution in [0.15, 0.2) is 64.3 Å². The molecule has 224 valence electrons. The molecule has 3 heterocycles. The van der Waals surface area contributed by atoms with E-state index in [9.17, 15) is 9.59 Å². The molecule has 1 aliphatic rings. The molecular weight excluding hydrogens is 584 g/mol. The van der Waals surface area contributed by atoms with Crippen LogP contribution in [0.4, 0.5) is 0 Å². The summed E-state index contributed by atoms with van der Waals surface area (Å²) in [5, 5.41) is 6.36. The zero-order valence-corrected chi connectivity index (χ0v) is 26.3. The number of benzene rings is 2. The number of allylic oxidation sites excluding steroid dienone is 1. The molecule has 0 aliphatic carbocycles. The fourth-order valence-corrected chi connectivity index (χ4v) is 5.97. The number of carbonyl (C=O) groups excluding carboxylic acids is 1. The highest BCUT2D eigenvalue weighted by Crippen LogP contribution is 2.34. The third kappa shape index (κ3) is 6.69. The number of hydrogen-bond acceptors (Lipinski definition) is 7. The highest BCUT2D eigenvalue weighted by molar-refractivity contribution is 7.13. The lowest BCUT2D eigenvalue weighted by Gasteiger charge is -2.29. The monoisotopic (exact) mass is 618 g/mol. The Bertz CT molecular complexity index is 1700. The predicted octanol–water partition coefficient (Wildman–Crippen LogP) is 6.55. The van der Waals surface area contributed by atoms with Crippen LogP contribution >= 0.6 is 22.9 Å². The van der Waals surface area contributed by atoms with E-state index >= 15 is 0 Å². The van der Waals surface area contributed by atoms with Crippen LogP contribution < -0.4 is 20.3 Å². The number of piperazine rings is 1. The number of amides is 1. The number of nitrogens with zero attached hydrogens (tertiary/aromatic N) is 3. The number of thiazole rings is 1. The Kier molecular flexibility index (Phi) is 9.65. The summed E-state index contributed by atoms with van der Waals surface area (Å²) >= 11 is 7.46. The maximum absolute atomic E-state index is 14.6. The zero-order chi connectivity index (χ0) is 30.5. The third-order valence-electron chi connectivity index (χ3n) is 6.96. The second-order valence-corrected chi connectivity index (χ2v) is 11.6. The van der Waals surface area contributed by atoms with Gasteiger partial charge in [-0.15, -0.1) is 11.3 Å². The van der Waals surface area contributed by atoms with Gasteiger partial charge < -0.3 is 19.7 Å². The van der Waals surface area contributed by atoms with Gasteiger partial charge in [-0.25, -0.2) is 4.98 Å². The molecule has 1 N–H and O–H groups in total.